The highest BCUT2D eigenvalue weighted by molar-refractivity contribution is 6.01. The van der Waals surface area contributed by atoms with E-state index in [9.17, 15) is 24.6 Å². The van der Waals surface area contributed by atoms with Crippen molar-refractivity contribution in [2.45, 2.75) is 64.6 Å². The maximum atomic E-state index is 12.4. The number of allylic oxidation sites excluding steroid dienone is 4. The Labute approximate surface area is 176 Å². The van der Waals surface area contributed by atoms with E-state index in [4.69, 9.17) is 9.47 Å². The molecule has 4 aliphatic rings. The van der Waals surface area contributed by atoms with Gasteiger partial charge >= 0.3 is 12.1 Å². The third kappa shape index (κ3) is 2.70. The number of hydrogen-bond acceptors (Lipinski definition) is 6. The molecular formula is C23H30O7. The Hall–Kier alpha value is -2.15. The monoisotopic (exact) mass is 418 g/mol. The lowest BCUT2D eigenvalue weighted by Gasteiger charge is -2.59. The van der Waals surface area contributed by atoms with E-state index in [1.165, 1.54) is 0 Å². The van der Waals surface area contributed by atoms with Crippen molar-refractivity contribution in [3.63, 3.8) is 0 Å². The van der Waals surface area contributed by atoms with Gasteiger partial charge in [-0.15, -0.1) is 0 Å². The van der Waals surface area contributed by atoms with Crippen LogP contribution in [-0.2, 0) is 19.1 Å². The normalized spacial score (nSPS) is 44.4. The van der Waals surface area contributed by atoms with Crippen LogP contribution in [0.4, 0.5) is 4.79 Å². The molecule has 30 heavy (non-hydrogen) atoms. The van der Waals surface area contributed by atoms with Gasteiger partial charge in [0, 0.05) is 16.7 Å². The number of hydrogen-bond donors (Lipinski definition) is 2. The first-order valence-electron chi connectivity index (χ1n) is 10.8. The second kappa shape index (κ2) is 6.94. The summed E-state index contributed by atoms with van der Waals surface area (Å²) in [5, 5.41) is 21.5. The number of rotatable bonds is 3. The number of carboxylic acids is 1. The first kappa shape index (κ1) is 21.1. The molecule has 0 aliphatic heterocycles. The number of carbonyl (C=O) groups excluding carboxylic acids is 2. The minimum Gasteiger partial charge on any atom is -0.478 e. The molecule has 4 rings (SSSR count). The van der Waals surface area contributed by atoms with Crippen molar-refractivity contribution < 1.29 is 34.1 Å². The molecule has 0 spiro atoms. The van der Waals surface area contributed by atoms with Crippen molar-refractivity contribution in [2.24, 2.45) is 28.6 Å². The van der Waals surface area contributed by atoms with E-state index in [2.05, 4.69) is 6.92 Å². The SMILES string of the molecule is CCOC(=O)O[C@]1(C(=O)O)CC[C@H]2C3CCC4=CC(=O)C=C[C@]4(C)[C@H]3[C@@H](O)C[C@@]21C. The Kier molecular flexibility index (Phi) is 4.88. The zero-order valence-electron chi connectivity index (χ0n) is 17.7. The molecule has 0 amide bonds. The highest BCUT2D eigenvalue weighted by atomic mass is 16.7. The molecule has 0 heterocycles. The number of ether oxygens (including phenoxy) is 2. The first-order valence-corrected chi connectivity index (χ1v) is 10.8. The number of aliphatic carboxylic acids is 1. The van der Waals surface area contributed by atoms with Crippen LogP contribution in [0.25, 0.3) is 0 Å². The number of ketones is 1. The summed E-state index contributed by atoms with van der Waals surface area (Å²) in [6, 6.07) is 0. The molecule has 4 aliphatic carbocycles. The van der Waals surface area contributed by atoms with Crippen molar-refractivity contribution in [2.75, 3.05) is 6.61 Å². The molecule has 0 aromatic rings. The number of fused-ring (bicyclic) bond motifs is 5. The van der Waals surface area contributed by atoms with Crippen molar-refractivity contribution in [3.8, 4) is 0 Å². The molecule has 0 aromatic carbocycles. The summed E-state index contributed by atoms with van der Waals surface area (Å²) < 4.78 is 10.4. The Bertz CT molecular complexity index is 844. The van der Waals surface area contributed by atoms with Gasteiger partial charge in [-0.2, -0.15) is 0 Å². The van der Waals surface area contributed by atoms with Crippen molar-refractivity contribution >= 4 is 17.9 Å². The molecule has 0 saturated heterocycles. The zero-order chi connectivity index (χ0) is 21.9. The van der Waals surface area contributed by atoms with Gasteiger partial charge in [0.25, 0.3) is 0 Å². The fourth-order valence-corrected chi connectivity index (χ4v) is 7.17. The highest BCUT2D eigenvalue weighted by Gasteiger charge is 2.71. The van der Waals surface area contributed by atoms with Crippen LogP contribution >= 0.6 is 0 Å². The largest absolute Gasteiger partial charge is 0.509 e. The van der Waals surface area contributed by atoms with Crippen LogP contribution in [0.3, 0.4) is 0 Å². The molecule has 1 unspecified atom stereocenters. The Balaban J connectivity index is 1.72. The molecule has 3 saturated carbocycles. The van der Waals surface area contributed by atoms with Gasteiger partial charge in [0.2, 0.25) is 5.60 Å². The first-order chi connectivity index (χ1) is 14.1. The van der Waals surface area contributed by atoms with E-state index in [1.807, 2.05) is 13.0 Å². The number of carbonyl (C=O) groups is 3. The number of aliphatic hydroxyl groups excluding tert-OH is 1. The smallest absolute Gasteiger partial charge is 0.478 e. The van der Waals surface area contributed by atoms with Gasteiger partial charge < -0.3 is 19.7 Å². The third-order valence-electron chi connectivity index (χ3n) is 8.48. The Morgan fingerprint density at radius 2 is 2.00 bits per heavy atom. The summed E-state index contributed by atoms with van der Waals surface area (Å²) in [4.78, 5) is 36.5. The second-order valence-electron chi connectivity index (χ2n) is 9.67. The highest BCUT2D eigenvalue weighted by Crippen LogP contribution is 2.67. The summed E-state index contributed by atoms with van der Waals surface area (Å²) >= 11 is 0. The summed E-state index contributed by atoms with van der Waals surface area (Å²) in [6.45, 7) is 5.64. The Morgan fingerprint density at radius 1 is 1.27 bits per heavy atom. The lowest BCUT2D eigenvalue weighted by Crippen LogP contribution is -2.62. The summed E-state index contributed by atoms with van der Waals surface area (Å²) in [6.07, 6.45) is 5.98. The van der Waals surface area contributed by atoms with Gasteiger partial charge in [-0.3, -0.25) is 4.79 Å². The Morgan fingerprint density at radius 3 is 2.67 bits per heavy atom. The topological polar surface area (TPSA) is 110 Å². The van der Waals surface area contributed by atoms with E-state index in [-0.39, 0.29) is 43.0 Å². The van der Waals surface area contributed by atoms with Gasteiger partial charge in [-0.05, 0) is 63.0 Å². The van der Waals surface area contributed by atoms with E-state index in [0.717, 1.165) is 18.4 Å². The maximum absolute atomic E-state index is 12.4. The molecule has 7 atom stereocenters. The van der Waals surface area contributed by atoms with Crippen LogP contribution in [0, 0.1) is 28.6 Å². The average molecular weight is 418 g/mol. The van der Waals surface area contributed by atoms with Gasteiger partial charge in [0.05, 0.1) is 12.7 Å². The van der Waals surface area contributed by atoms with Crippen LogP contribution in [0.5, 0.6) is 0 Å². The molecule has 2 N–H and O–H groups in total. The second-order valence-corrected chi connectivity index (χ2v) is 9.67. The van der Waals surface area contributed by atoms with Crippen LogP contribution in [0.1, 0.15) is 52.9 Å². The quantitative estimate of drug-likeness (QED) is 0.677. The lowest BCUT2D eigenvalue weighted by atomic mass is 9.46. The van der Waals surface area contributed by atoms with E-state index in [1.54, 1.807) is 19.1 Å². The van der Waals surface area contributed by atoms with Gasteiger partial charge in [0.1, 0.15) is 0 Å². The van der Waals surface area contributed by atoms with E-state index >= 15 is 0 Å². The molecule has 7 nitrogen and oxygen atoms in total. The van der Waals surface area contributed by atoms with Crippen LogP contribution in [0.15, 0.2) is 23.8 Å². The standard InChI is InChI=1S/C23H30O7/c1-4-29-20(28)30-23(19(26)27)10-8-16-15-6-5-13-11-14(24)7-9-21(13,2)18(15)17(25)12-22(16,23)3/h7,9,11,15-18,25H,4-6,8,10,12H2,1-3H3,(H,26,27)/t15?,16-,17-,18+,21-,22-,23-/m0/s1. The lowest BCUT2D eigenvalue weighted by molar-refractivity contribution is -0.196. The van der Waals surface area contributed by atoms with Crippen LogP contribution < -0.4 is 0 Å². The van der Waals surface area contributed by atoms with Crippen LogP contribution in [0.2, 0.25) is 0 Å². The molecular weight excluding hydrogens is 388 g/mol. The number of aliphatic hydroxyl groups is 1. The van der Waals surface area contributed by atoms with Gasteiger partial charge in [-0.25, -0.2) is 9.59 Å². The fourth-order valence-electron chi connectivity index (χ4n) is 7.17. The van der Waals surface area contributed by atoms with Crippen molar-refractivity contribution in [3.05, 3.63) is 23.8 Å². The molecule has 164 valence electrons. The predicted molar refractivity (Wildman–Crippen MR) is 106 cm³/mol. The summed E-state index contributed by atoms with van der Waals surface area (Å²) in [5.41, 5.74) is -2.00. The molecule has 0 bridgehead atoms. The minimum atomic E-state index is -1.72. The zero-order valence-corrected chi connectivity index (χ0v) is 17.7. The van der Waals surface area contributed by atoms with Crippen LogP contribution in [-0.4, -0.2) is 46.4 Å². The fraction of sp³-hybridized carbons (Fsp3) is 0.696. The van der Waals surface area contributed by atoms with E-state index in [0.29, 0.717) is 6.42 Å². The maximum Gasteiger partial charge on any atom is 0.509 e. The predicted octanol–water partition coefficient (Wildman–Crippen LogP) is 3.26. The summed E-state index contributed by atoms with van der Waals surface area (Å²) in [5.74, 6) is -1.25. The molecule has 0 radical (unpaired) electrons. The molecule has 7 heteroatoms. The number of carboxylic acid groups (broad SMARTS) is 1. The van der Waals surface area contributed by atoms with Crippen molar-refractivity contribution in [1.29, 1.82) is 0 Å². The summed E-state index contributed by atoms with van der Waals surface area (Å²) in [7, 11) is 0. The molecule has 0 aromatic heterocycles. The van der Waals surface area contributed by atoms with Gasteiger partial charge in [0.15, 0.2) is 5.78 Å². The average Bonchev–Trinajstić information content (AvgIpc) is 2.95. The molecule has 3 fully saturated rings. The van der Waals surface area contributed by atoms with Crippen molar-refractivity contribution in [1.82, 2.24) is 0 Å². The van der Waals surface area contributed by atoms with Gasteiger partial charge in [-0.1, -0.05) is 25.5 Å². The third-order valence-corrected chi connectivity index (χ3v) is 8.48. The van der Waals surface area contributed by atoms with E-state index < -0.39 is 34.7 Å². The minimum absolute atomic E-state index is 0.0131.